The first-order valence-electron chi connectivity index (χ1n) is 7.48. The van der Waals surface area contributed by atoms with Gasteiger partial charge in [0.15, 0.2) is 5.82 Å². The number of rotatable bonds is 4. The van der Waals surface area contributed by atoms with E-state index in [2.05, 4.69) is 20.2 Å². The summed E-state index contributed by atoms with van der Waals surface area (Å²) in [6.07, 6.45) is 9.43. The molecule has 6 heteroatoms. The summed E-state index contributed by atoms with van der Waals surface area (Å²) >= 11 is 0. The maximum atomic E-state index is 5.46. The van der Waals surface area contributed by atoms with Gasteiger partial charge in [0.25, 0.3) is 0 Å². The van der Waals surface area contributed by atoms with Gasteiger partial charge in [-0.1, -0.05) is 11.6 Å². The quantitative estimate of drug-likeness (QED) is 0.738. The Kier molecular flexibility index (Phi) is 3.03. The molecule has 3 heterocycles. The molecule has 112 valence electrons. The van der Waals surface area contributed by atoms with Crippen LogP contribution >= 0.6 is 0 Å². The van der Waals surface area contributed by atoms with E-state index in [0.29, 0.717) is 12.3 Å². The predicted octanol–water partition coefficient (Wildman–Crippen LogP) is 2.26. The van der Waals surface area contributed by atoms with Crippen LogP contribution in [-0.4, -0.2) is 24.9 Å². The van der Waals surface area contributed by atoms with Crippen molar-refractivity contribution in [2.24, 2.45) is 7.05 Å². The first-order valence-corrected chi connectivity index (χ1v) is 7.48. The van der Waals surface area contributed by atoms with Crippen LogP contribution in [0.3, 0.4) is 0 Å². The summed E-state index contributed by atoms with van der Waals surface area (Å²) in [5.41, 5.74) is 2.05. The van der Waals surface area contributed by atoms with E-state index in [1.165, 1.54) is 12.0 Å². The number of hydrogen-bond acceptors (Lipinski definition) is 5. The Bertz CT molecular complexity index is 773. The molecular formula is C16H17N5O. The van der Waals surface area contributed by atoms with Gasteiger partial charge in [0.2, 0.25) is 5.89 Å². The van der Waals surface area contributed by atoms with Crippen LogP contribution in [0.25, 0.3) is 0 Å². The fourth-order valence-electron chi connectivity index (χ4n) is 3.08. The summed E-state index contributed by atoms with van der Waals surface area (Å²) in [4.78, 5) is 8.74. The fraction of sp³-hybridized carbons (Fsp3) is 0.375. The zero-order valence-electron chi connectivity index (χ0n) is 12.4. The minimum Gasteiger partial charge on any atom is -0.339 e. The van der Waals surface area contributed by atoms with Crippen molar-refractivity contribution >= 4 is 0 Å². The third-order valence-corrected chi connectivity index (χ3v) is 4.44. The minimum absolute atomic E-state index is 0.102. The highest BCUT2D eigenvalue weighted by atomic mass is 16.5. The lowest BCUT2D eigenvalue weighted by atomic mass is 9.64. The van der Waals surface area contributed by atoms with Crippen LogP contribution in [0.2, 0.25) is 0 Å². The summed E-state index contributed by atoms with van der Waals surface area (Å²) in [5, 5.41) is 8.60. The molecule has 22 heavy (non-hydrogen) atoms. The van der Waals surface area contributed by atoms with Gasteiger partial charge in [-0.3, -0.25) is 9.67 Å². The average molecular weight is 295 g/mol. The molecule has 0 unspecified atom stereocenters. The zero-order chi connectivity index (χ0) is 15.0. The summed E-state index contributed by atoms with van der Waals surface area (Å²) in [7, 11) is 1.90. The van der Waals surface area contributed by atoms with Crippen LogP contribution in [0.5, 0.6) is 0 Å². The van der Waals surface area contributed by atoms with Crippen molar-refractivity contribution in [1.29, 1.82) is 0 Å². The van der Waals surface area contributed by atoms with Crippen molar-refractivity contribution in [1.82, 2.24) is 24.9 Å². The molecule has 1 saturated carbocycles. The Morgan fingerprint density at radius 3 is 2.68 bits per heavy atom. The van der Waals surface area contributed by atoms with E-state index in [1.807, 2.05) is 43.8 Å². The van der Waals surface area contributed by atoms with Crippen molar-refractivity contribution in [3.8, 4) is 0 Å². The van der Waals surface area contributed by atoms with Crippen molar-refractivity contribution in [2.75, 3.05) is 0 Å². The van der Waals surface area contributed by atoms with Crippen molar-refractivity contribution in [3.05, 3.63) is 59.8 Å². The van der Waals surface area contributed by atoms with Crippen LogP contribution in [0.4, 0.5) is 0 Å². The van der Waals surface area contributed by atoms with E-state index < -0.39 is 0 Å². The molecule has 4 rings (SSSR count). The monoisotopic (exact) mass is 295 g/mol. The lowest BCUT2D eigenvalue weighted by molar-refractivity contribution is 0.271. The van der Waals surface area contributed by atoms with Crippen LogP contribution in [0, 0.1) is 0 Å². The molecule has 0 amide bonds. The van der Waals surface area contributed by atoms with Gasteiger partial charge < -0.3 is 4.52 Å². The minimum atomic E-state index is -0.102. The third kappa shape index (κ3) is 2.11. The van der Waals surface area contributed by atoms with E-state index in [-0.39, 0.29) is 5.41 Å². The van der Waals surface area contributed by atoms with Gasteiger partial charge in [0.1, 0.15) is 0 Å². The lowest BCUT2D eigenvalue weighted by Crippen LogP contribution is -2.36. The van der Waals surface area contributed by atoms with Gasteiger partial charge >= 0.3 is 0 Å². The van der Waals surface area contributed by atoms with Gasteiger partial charge in [-0.25, -0.2) is 0 Å². The molecule has 6 nitrogen and oxygen atoms in total. The molecule has 0 aromatic carbocycles. The van der Waals surface area contributed by atoms with Gasteiger partial charge in [-0.05, 0) is 36.6 Å². The highest BCUT2D eigenvalue weighted by Crippen LogP contribution is 2.47. The van der Waals surface area contributed by atoms with E-state index >= 15 is 0 Å². The molecular weight excluding hydrogens is 278 g/mol. The van der Waals surface area contributed by atoms with Crippen LogP contribution in [0.15, 0.2) is 41.3 Å². The van der Waals surface area contributed by atoms with Gasteiger partial charge in [0.05, 0.1) is 17.5 Å². The largest absolute Gasteiger partial charge is 0.339 e. The SMILES string of the molecule is Cn1ccc(Cc2nc(C3(c4ccncc4)CCC3)no2)n1. The number of aryl methyl sites for hydroxylation is 1. The molecule has 3 aromatic heterocycles. The standard InChI is InChI=1S/C16H17N5O/c1-21-10-5-13(19-21)11-14-18-15(20-22-14)16(6-2-7-16)12-3-8-17-9-4-12/h3-5,8-10H,2,6-7,11H2,1H3. The molecule has 1 fully saturated rings. The number of hydrogen-bond donors (Lipinski definition) is 0. The molecule has 0 saturated heterocycles. The molecule has 0 aliphatic heterocycles. The second-order valence-electron chi connectivity index (χ2n) is 5.84. The van der Waals surface area contributed by atoms with E-state index in [0.717, 1.165) is 24.4 Å². The molecule has 0 radical (unpaired) electrons. The smallest absolute Gasteiger partial charge is 0.232 e. The van der Waals surface area contributed by atoms with Crippen molar-refractivity contribution in [2.45, 2.75) is 31.1 Å². The van der Waals surface area contributed by atoms with E-state index in [4.69, 9.17) is 4.52 Å². The van der Waals surface area contributed by atoms with Crippen LogP contribution < -0.4 is 0 Å². The predicted molar refractivity (Wildman–Crippen MR) is 79.2 cm³/mol. The Hall–Kier alpha value is -2.50. The van der Waals surface area contributed by atoms with Crippen molar-refractivity contribution in [3.63, 3.8) is 0 Å². The maximum absolute atomic E-state index is 5.46. The van der Waals surface area contributed by atoms with Gasteiger partial charge in [0, 0.05) is 25.6 Å². The second-order valence-corrected chi connectivity index (χ2v) is 5.84. The summed E-state index contributed by atoms with van der Waals surface area (Å²) in [5.74, 6) is 1.41. The Morgan fingerprint density at radius 1 is 1.23 bits per heavy atom. The molecule has 0 spiro atoms. The Labute approximate surface area is 128 Å². The summed E-state index contributed by atoms with van der Waals surface area (Å²) in [6, 6.07) is 6.06. The second kappa shape index (κ2) is 5.05. The van der Waals surface area contributed by atoms with E-state index in [9.17, 15) is 0 Å². The summed E-state index contributed by atoms with van der Waals surface area (Å²) in [6.45, 7) is 0. The first-order chi connectivity index (χ1) is 10.8. The Balaban J connectivity index is 1.63. The summed E-state index contributed by atoms with van der Waals surface area (Å²) < 4.78 is 7.23. The highest BCUT2D eigenvalue weighted by Gasteiger charge is 2.44. The number of nitrogens with zero attached hydrogens (tertiary/aromatic N) is 5. The van der Waals surface area contributed by atoms with Crippen LogP contribution in [0.1, 0.15) is 42.2 Å². The third-order valence-electron chi connectivity index (χ3n) is 4.44. The number of pyridine rings is 1. The number of aromatic nitrogens is 5. The zero-order valence-corrected chi connectivity index (χ0v) is 12.4. The molecule has 1 aliphatic rings. The molecule has 0 bridgehead atoms. The fourth-order valence-corrected chi connectivity index (χ4v) is 3.08. The molecule has 0 N–H and O–H groups in total. The average Bonchev–Trinajstić information content (AvgIpc) is 3.09. The lowest BCUT2D eigenvalue weighted by Gasteiger charge is -2.39. The van der Waals surface area contributed by atoms with E-state index in [1.54, 1.807) is 4.68 Å². The normalized spacial score (nSPS) is 16.4. The first kappa shape index (κ1) is 13.2. The van der Waals surface area contributed by atoms with Gasteiger partial charge in [-0.15, -0.1) is 0 Å². The molecule has 0 atom stereocenters. The molecule has 1 aliphatic carbocycles. The Morgan fingerprint density at radius 2 is 2.05 bits per heavy atom. The van der Waals surface area contributed by atoms with Gasteiger partial charge in [-0.2, -0.15) is 10.1 Å². The highest BCUT2D eigenvalue weighted by molar-refractivity contribution is 5.34. The van der Waals surface area contributed by atoms with Crippen LogP contribution in [-0.2, 0) is 18.9 Å². The maximum Gasteiger partial charge on any atom is 0.232 e. The van der Waals surface area contributed by atoms with Crippen molar-refractivity contribution < 1.29 is 4.52 Å². The molecule has 3 aromatic rings. The topological polar surface area (TPSA) is 69.6 Å².